The Morgan fingerprint density at radius 1 is 1.00 bits per heavy atom. The van der Waals surface area contributed by atoms with E-state index in [2.05, 4.69) is 0 Å². The Labute approximate surface area is 191 Å². The largest absolute Gasteiger partial charge is 0.493 e. The van der Waals surface area contributed by atoms with Crippen molar-refractivity contribution in [2.75, 3.05) is 26.4 Å². The molecule has 0 aliphatic carbocycles. The molecular formula is C24H27ClO7. The van der Waals surface area contributed by atoms with Crippen molar-refractivity contribution in [1.29, 1.82) is 0 Å². The monoisotopic (exact) mass is 462 g/mol. The van der Waals surface area contributed by atoms with Crippen molar-refractivity contribution in [1.82, 2.24) is 0 Å². The molecule has 3 aliphatic heterocycles. The molecule has 172 valence electrons. The number of hydrogen-bond donors (Lipinski definition) is 3. The van der Waals surface area contributed by atoms with Gasteiger partial charge in [-0.25, -0.2) is 0 Å². The summed E-state index contributed by atoms with van der Waals surface area (Å²) in [6, 6.07) is 7.85. The lowest BCUT2D eigenvalue weighted by Crippen LogP contribution is -2.47. The Morgan fingerprint density at radius 2 is 1.81 bits per heavy atom. The van der Waals surface area contributed by atoms with Gasteiger partial charge in [0.15, 0.2) is 11.5 Å². The third kappa shape index (κ3) is 4.04. The summed E-state index contributed by atoms with van der Waals surface area (Å²) >= 11 is 6.83. The van der Waals surface area contributed by atoms with Gasteiger partial charge in [0.25, 0.3) is 0 Å². The van der Waals surface area contributed by atoms with Crippen molar-refractivity contribution in [3.63, 3.8) is 0 Å². The molecule has 3 N–H and O–H groups in total. The van der Waals surface area contributed by atoms with Gasteiger partial charge in [-0.2, -0.15) is 0 Å². The Kier molecular flexibility index (Phi) is 6.18. The first kappa shape index (κ1) is 21.8. The van der Waals surface area contributed by atoms with Gasteiger partial charge in [-0.3, -0.25) is 0 Å². The van der Waals surface area contributed by atoms with E-state index < -0.39 is 24.4 Å². The topological polar surface area (TPSA) is 97.6 Å². The molecule has 4 unspecified atom stereocenters. The number of benzene rings is 2. The lowest BCUT2D eigenvalue weighted by molar-refractivity contribution is -0.181. The fourth-order valence-electron chi connectivity index (χ4n) is 4.69. The van der Waals surface area contributed by atoms with E-state index in [1.54, 1.807) is 0 Å². The molecule has 1 fully saturated rings. The Bertz CT molecular complexity index is 995. The highest BCUT2D eigenvalue weighted by Crippen LogP contribution is 2.44. The van der Waals surface area contributed by atoms with E-state index >= 15 is 0 Å². The fraction of sp³-hybridized carbons (Fsp3) is 0.500. The lowest BCUT2D eigenvalue weighted by Gasteiger charge is -2.38. The molecule has 5 rings (SSSR count). The van der Waals surface area contributed by atoms with Crippen LogP contribution in [0.25, 0.3) is 0 Å². The maximum Gasteiger partial charge on any atom is 0.161 e. The maximum atomic E-state index is 10.4. The number of ether oxygens (including phenoxy) is 4. The molecular weight excluding hydrogens is 436 g/mol. The summed E-state index contributed by atoms with van der Waals surface area (Å²) in [5.41, 5.74) is 3.69. The van der Waals surface area contributed by atoms with E-state index in [4.69, 9.17) is 30.5 Å². The predicted molar refractivity (Wildman–Crippen MR) is 117 cm³/mol. The van der Waals surface area contributed by atoms with Crippen molar-refractivity contribution in [2.45, 2.75) is 50.1 Å². The van der Waals surface area contributed by atoms with Crippen LogP contribution >= 0.6 is 11.6 Å². The summed E-state index contributed by atoms with van der Waals surface area (Å²) in [6.45, 7) is 1.27. The number of halogens is 1. The zero-order valence-electron chi connectivity index (χ0n) is 17.6. The van der Waals surface area contributed by atoms with Gasteiger partial charge in [-0.05, 0) is 48.6 Å². The van der Waals surface area contributed by atoms with Crippen LogP contribution in [0.1, 0.15) is 41.2 Å². The summed E-state index contributed by atoms with van der Waals surface area (Å²) in [6.07, 6.45) is -1.06. The molecule has 4 atom stereocenters. The second-order valence-corrected chi connectivity index (χ2v) is 8.87. The van der Waals surface area contributed by atoms with Crippen LogP contribution in [0.15, 0.2) is 24.3 Å². The van der Waals surface area contributed by atoms with Crippen molar-refractivity contribution < 1.29 is 34.3 Å². The molecule has 3 aliphatic rings. The van der Waals surface area contributed by atoms with Crippen LogP contribution in [-0.4, -0.2) is 60.1 Å². The van der Waals surface area contributed by atoms with E-state index in [1.807, 2.05) is 24.3 Å². The quantitative estimate of drug-likeness (QED) is 0.642. The summed E-state index contributed by atoms with van der Waals surface area (Å²) in [5, 5.41) is 30.8. The van der Waals surface area contributed by atoms with E-state index in [0.29, 0.717) is 37.0 Å². The first-order valence-electron chi connectivity index (χ1n) is 11.0. The molecule has 7 nitrogen and oxygen atoms in total. The van der Waals surface area contributed by atoms with Crippen LogP contribution in [-0.2, 0) is 17.6 Å². The average Bonchev–Trinajstić information content (AvgIpc) is 2.82. The Balaban J connectivity index is 1.51. The van der Waals surface area contributed by atoms with Gasteiger partial charge in [0.1, 0.15) is 31.2 Å². The molecule has 0 aromatic heterocycles. The summed E-state index contributed by atoms with van der Waals surface area (Å²) in [7, 11) is 0. The highest BCUT2D eigenvalue weighted by molar-refractivity contribution is 6.32. The second-order valence-electron chi connectivity index (χ2n) is 8.49. The molecule has 2 aromatic rings. The second kappa shape index (κ2) is 9.08. The normalized spacial score (nSPS) is 26.9. The minimum Gasteiger partial charge on any atom is -0.493 e. The molecule has 0 bridgehead atoms. The molecule has 32 heavy (non-hydrogen) atoms. The average molecular weight is 463 g/mol. The van der Waals surface area contributed by atoms with Gasteiger partial charge in [0.05, 0.1) is 30.4 Å². The number of aliphatic hydroxyl groups excluding tert-OH is 3. The molecule has 0 saturated carbocycles. The van der Waals surface area contributed by atoms with Crippen LogP contribution < -0.4 is 14.2 Å². The minimum absolute atomic E-state index is 0.207. The van der Waals surface area contributed by atoms with Gasteiger partial charge in [0, 0.05) is 17.5 Å². The van der Waals surface area contributed by atoms with E-state index in [-0.39, 0.29) is 13.0 Å². The Hall–Kier alpha value is -2.03. The summed E-state index contributed by atoms with van der Waals surface area (Å²) in [5.74, 6) is 2.16. The zero-order chi connectivity index (χ0) is 22.2. The highest BCUT2D eigenvalue weighted by Gasteiger charge is 2.39. The van der Waals surface area contributed by atoms with Crippen LogP contribution in [0.5, 0.6) is 17.2 Å². The SMILES string of the molecule is OCC1OC(c2cc(Cc3ccc4c(c3)OCCO4)c(Cl)c3c2OCCC3)CC(O)C1O. The van der Waals surface area contributed by atoms with Crippen molar-refractivity contribution in [3.05, 3.63) is 51.5 Å². The zero-order valence-corrected chi connectivity index (χ0v) is 18.4. The number of hydrogen-bond acceptors (Lipinski definition) is 7. The molecule has 1 saturated heterocycles. The first-order chi connectivity index (χ1) is 15.5. The number of rotatable bonds is 4. The van der Waals surface area contributed by atoms with Crippen LogP contribution in [0.3, 0.4) is 0 Å². The number of fused-ring (bicyclic) bond motifs is 2. The predicted octanol–water partition coefficient (Wildman–Crippen LogP) is 2.57. The molecule has 2 aromatic carbocycles. The standard InChI is InChI=1S/C24H27ClO7/c25-22-14(8-13-3-4-18-20(9-13)30-7-6-29-18)10-16(24-15(22)2-1-5-31-24)19-11-17(27)23(28)21(12-26)32-19/h3-4,9-10,17,19,21,23,26-28H,1-2,5-8,11-12H2. The van der Waals surface area contributed by atoms with Gasteiger partial charge < -0.3 is 34.3 Å². The lowest BCUT2D eigenvalue weighted by atomic mass is 9.88. The van der Waals surface area contributed by atoms with Crippen molar-refractivity contribution in [2.24, 2.45) is 0 Å². The molecule has 0 spiro atoms. The minimum atomic E-state index is -1.13. The summed E-state index contributed by atoms with van der Waals surface area (Å²) < 4.78 is 23.3. The van der Waals surface area contributed by atoms with Crippen LogP contribution in [0.4, 0.5) is 0 Å². The van der Waals surface area contributed by atoms with Crippen molar-refractivity contribution in [3.8, 4) is 17.2 Å². The molecule has 0 radical (unpaired) electrons. The molecule has 8 heteroatoms. The van der Waals surface area contributed by atoms with E-state index in [1.165, 1.54) is 0 Å². The van der Waals surface area contributed by atoms with E-state index in [9.17, 15) is 15.3 Å². The van der Waals surface area contributed by atoms with Gasteiger partial charge in [-0.15, -0.1) is 0 Å². The van der Waals surface area contributed by atoms with Gasteiger partial charge >= 0.3 is 0 Å². The van der Waals surface area contributed by atoms with Gasteiger partial charge in [0.2, 0.25) is 0 Å². The van der Waals surface area contributed by atoms with Crippen LogP contribution in [0, 0.1) is 0 Å². The first-order valence-corrected chi connectivity index (χ1v) is 11.4. The number of aliphatic hydroxyl groups is 3. The summed E-state index contributed by atoms with van der Waals surface area (Å²) in [4.78, 5) is 0. The molecule has 0 amide bonds. The van der Waals surface area contributed by atoms with E-state index in [0.717, 1.165) is 46.6 Å². The fourth-order valence-corrected chi connectivity index (χ4v) is 4.99. The van der Waals surface area contributed by atoms with Crippen LogP contribution in [0.2, 0.25) is 5.02 Å². The Morgan fingerprint density at radius 3 is 2.62 bits per heavy atom. The highest BCUT2D eigenvalue weighted by atomic mass is 35.5. The third-order valence-electron chi connectivity index (χ3n) is 6.33. The third-order valence-corrected chi connectivity index (χ3v) is 6.80. The maximum absolute atomic E-state index is 10.4. The van der Waals surface area contributed by atoms with Gasteiger partial charge in [-0.1, -0.05) is 17.7 Å². The van der Waals surface area contributed by atoms with Crippen molar-refractivity contribution >= 4 is 11.6 Å². The smallest absolute Gasteiger partial charge is 0.161 e. The molecule has 3 heterocycles.